The zero-order valence-electron chi connectivity index (χ0n) is 11.6. The van der Waals surface area contributed by atoms with Crippen LogP contribution in [-0.2, 0) is 0 Å². The van der Waals surface area contributed by atoms with E-state index in [4.69, 9.17) is 0 Å². The SMILES string of the molecule is CSc1cccc(NCCN2CCSCC2)c1C(=O)O. The number of carbonyl (C=O) groups is 1. The van der Waals surface area contributed by atoms with E-state index in [1.165, 1.54) is 23.3 Å². The van der Waals surface area contributed by atoms with Crippen molar-refractivity contribution in [3.8, 4) is 0 Å². The van der Waals surface area contributed by atoms with E-state index in [9.17, 15) is 9.90 Å². The minimum atomic E-state index is -0.869. The predicted molar refractivity (Wildman–Crippen MR) is 87.4 cm³/mol. The van der Waals surface area contributed by atoms with E-state index in [2.05, 4.69) is 10.2 Å². The molecule has 4 nitrogen and oxygen atoms in total. The monoisotopic (exact) mass is 312 g/mol. The van der Waals surface area contributed by atoms with Crippen LogP contribution in [0.25, 0.3) is 0 Å². The highest BCUT2D eigenvalue weighted by Gasteiger charge is 2.15. The van der Waals surface area contributed by atoms with Gasteiger partial charge in [-0.15, -0.1) is 11.8 Å². The van der Waals surface area contributed by atoms with Crippen molar-refractivity contribution in [2.24, 2.45) is 0 Å². The summed E-state index contributed by atoms with van der Waals surface area (Å²) < 4.78 is 0. The van der Waals surface area contributed by atoms with Crippen LogP contribution < -0.4 is 5.32 Å². The summed E-state index contributed by atoms with van der Waals surface area (Å²) >= 11 is 3.46. The summed E-state index contributed by atoms with van der Waals surface area (Å²) in [5.74, 6) is 1.52. The fraction of sp³-hybridized carbons (Fsp3) is 0.500. The molecule has 110 valence electrons. The first-order chi connectivity index (χ1) is 9.72. The number of rotatable bonds is 6. The number of hydrogen-bond donors (Lipinski definition) is 2. The van der Waals surface area contributed by atoms with Crippen LogP contribution in [0.5, 0.6) is 0 Å². The fourth-order valence-electron chi connectivity index (χ4n) is 2.24. The molecular formula is C14H20N2O2S2. The lowest BCUT2D eigenvalue weighted by Gasteiger charge is -2.26. The highest BCUT2D eigenvalue weighted by molar-refractivity contribution is 7.99. The molecule has 0 aliphatic carbocycles. The van der Waals surface area contributed by atoms with Crippen molar-refractivity contribution in [3.63, 3.8) is 0 Å². The number of thioether (sulfide) groups is 2. The van der Waals surface area contributed by atoms with Gasteiger partial charge in [-0.3, -0.25) is 4.90 Å². The molecule has 1 aromatic rings. The first kappa shape index (κ1) is 15.5. The fourth-order valence-corrected chi connectivity index (χ4v) is 3.84. The van der Waals surface area contributed by atoms with Gasteiger partial charge in [-0.2, -0.15) is 11.8 Å². The van der Waals surface area contributed by atoms with Gasteiger partial charge in [-0.1, -0.05) is 6.07 Å². The highest BCUT2D eigenvalue weighted by atomic mass is 32.2. The van der Waals surface area contributed by atoms with Crippen LogP contribution in [0.4, 0.5) is 5.69 Å². The average molecular weight is 312 g/mol. The Hall–Kier alpha value is -0.850. The Morgan fingerprint density at radius 1 is 1.45 bits per heavy atom. The quantitative estimate of drug-likeness (QED) is 0.788. The molecule has 0 spiro atoms. The van der Waals surface area contributed by atoms with Crippen molar-refractivity contribution >= 4 is 35.2 Å². The third kappa shape index (κ3) is 4.07. The molecule has 6 heteroatoms. The number of hydrogen-bond acceptors (Lipinski definition) is 5. The van der Waals surface area contributed by atoms with Crippen molar-refractivity contribution in [2.75, 3.05) is 49.3 Å². The number of nitrogens with one attached hydrogen (secondary N) is 1. The Bertz CT molecular complexity index is 462. The Labute approximate surface area is 128 Å². The highest BCUT2D eigenvalue weighted by Crippen LogP contribution is 2.27. The molecule has 0 atom stereocenters. The van der Waals surface area contributed by atoms with E-state index in [1.54, 1.807) is 0 Å². The van der Waals surface area contributed by atoms with E-state index in [1.807, 2.05) is 36.2 Å². The molecule has 0 unspecified atom stereocenters. The van der Waals surface area contributed by atoms with Crippen LogP contribution in [0.2, 0.25) is 0 Å². The van der Waals surface area contributed by atoms with Crippen LogP contribution in [-0.4, -0.2) is 59.9 Å². The number of carboxylic acids is 1. The molecule has 0 amide bonds. The van der Waals surface area contributed by atoms with Crippen molar-refractivity contribution in [3.05, 3.63) is 23.8 Å². The van der Waals surface area contributed by atoms with Crippen molar-refractivity contribution < 1.29 is 9.90 Å². The summed E-state index contributed by atoms with van der Waals surface area (Å²) in [6.45, 7) is 4.00. The zero-order chi connectivity index (χ0) is 14.4. The number of nitrogens with zero attached hydrogens (tertiary/aromatic N) is 1. The molecule has 0 bridgehead atoms. The minimum Gasteiger partial charge on any atom is -0.478 e. The normalized spacial score (nSPS) is 16.1. The number of anilines is 1. The van der Waals surface area contributed by atoms with Crippen LogP contribution in [0.3, 0.4) is 0 Å². The van der Waals surface area contributed by atoms with Crippen molar-refractivity contribution in [1.29, 1.82) is 0 Å². The molecule has 1 aliphatic rings. The van der Waals surface area contributed by atoms with Gasteiger partial charge in [-0.05, 0) is 18.4 Å². The molecule has 0 radical (unpaired) electrons. The second kappa shape index (κ2) is 7.81. The summed E-state index contributed by atoms with van der Waals surface area (Å²) in [7, 11) is 0. The van der Waals surface area contributed by atoms with E-state index in [0.717, 1.165) is 36.8 Å². The number of aromatic carboxylic acids is 1. The van der Waals surface area contributed by atoms with E-state index in [0.29, 0.717) is 5.56 Å². The third-order valence-electron chi connectivity index (χ3n) is 3.31. The zero-order valence-corrected chi connectivity index (χ0v) is 13.2. The van der Waals surface area contributed by atoms with Gasteiger partial charge in [0, 0.05) is 48.3 Å². The summed E-state index contributed by atoms with van der Waals surface area (Å²) in [5, 5.41) is 12.6. The van der Waals surface area contributed by atoms with Gasteiger partial charge < -0.3 is 10.4 Å². The molecule has 1 aromatic carbocycles. The lowest BCUT2D eigenvalue weighted by atomic mass is 10.1. The van der Waals surface area contributed by atoms with Gasteiger partial charge in [-0.25, -0.2) is 4.79 Å². The average Bonchev–Trinajstić information content (AvgIpc) is 2.47. The Balaban J connectivity index is 1.96. The van der Waals surface area contributed by atoms with Crippen LogP contribution in [0, 0.1) is 0 Å². The van der Waals surface area contributed by atoms with Gasteiger partial charge >= 0.3 is 5.97 Å². The summed E-state index contributed by atoms with van der Waals surface area (Å²) in [4.78, 5) is 14.6. The maximum absolute atomic E-state index is 11.4. The smallest absolute Gasteiger partial charge is 0.338 e. The maximum Gasteiger partial charge on any atom is 0.338 e. The van der Waals surface area contributed by atoms with Gasteiger partial charge in [0.05, 0.1) is 5.56 Å². The lowest BCUT2D eigenvalue weighted by molar-refractivity contribution is 0.0694. The Kier molecular flexibility index (Phi) is 6.06. The van der Waals surface area contributed by atoms with Gasteiger partial charge in [0.25, 0.3) is 0 Å². The molecule has 0 aromatic heterocycles. The molecule has 1 heterocycles. The molecule has 0 saturated carbocycles. The van der Waals surface area contributed by atoms with Gasteiger partial charge in [0.15, 0.2) is 0 Å². The number of carboxylic acid groups (broad SMARTS) is 1. The topological polar surface area (TPSA) is 52.6 Å². The predicted octanol–water partition coefficient (Wildman–Crippen LogP) is 2.57. The molecule has 2 rings (SSSR count). The standard InChI is InChI=1S/C14H20N2O2S2/c1-19-12-4-2-3-11(13(12)14(17)18)15-5-6-16-7-9-20-10-8-16/h2-4,15H,5-10H2,1H3,(H,17,18). The largest absolute Gasteiger partial charge is 0.478 e. The van der Waals surface area contributed by atoms with E-state index < -0.39 is 5.97 Å². The van der Waals surface area contributed by atoms with Gasteiger partial charge in [0.2, 0.25) is 0 Å². The van der Waals surface area contributed by atoms with Crippen molar-refractivity contribution in [2.45, 2.75) is 4.90 Å². The molecule has 2 N–H and O–H groups in total. The summed E-state index contributed by atoms with van der Waals surface area (Å²) in [6.07, 6.45) is 1.90. The first-order valence-electron chi connectivity index (χ1n) is 6.66. The Morgan fingerprint density at radius 3 is 2.85 bits per heavy atom. The minimum absolute atomic E-state index is 0.384. The van der Waals surface area contributed by atoms with Crippen molar-refractivity contribution in [1.82, 2.24) is 4.90 Å². The van der Waals surface area contributed by atoms with Crippen LogP contribution in [0.15, 0.2) is 23.1 Å². The first-order valence-corrected chi connectivity index (χ1v) is 9.04. The van der Waals surface area contributed by atoms with E-state index in [-0.39, 0.29) is 0 Å². The van der Waals surface area contributed by atoms with Crippen LogP contribution in [0.1, 0.15) is 10.4 Å². The second-order valence-corrected chi connectivity index (χ2v) is 6.64. The third-order valence-corrected chi connectivity index (χ3v) is 5.03. The molecule has 1 aliphatic heterocycles. The molecule has 1 saturated heterocycles. The second-order valence-electron chi connectivity index (χ2n) is 4.57. The summed E-state index contributed by atoms with van der Waals surface area (Å²) in [5.41, 5.74) is 1.10. The Morgan fingerprint density at radius 2 is 2.20 bits per heavy atom. The van der Waals surface area contributed by atoms with Crippen LogP contribution >= 0.6 is 23.5 Å². The maximum atomic E-state index is 11.4. The van der Waals surface area contributed by atoms with E-state index >= 15 is 0 Å². The molecule has 1 fully saturated rings. The van der Waals surface area contributed by atoms with Gasteiger partial charge in [0.1, 0.15) is 0 Å². The lowest BCUT2D eigenvalue weighted by Crippen LogP contribution is -2.36. The molecule has 20 heavy (non-hydrogen) atoms. The number of benzene rings is 1. The summed E-state index contributed by atoms with van der Waals surface area (Å²) in [6, 6.07) is 5.59. The molecular weight excluding hydrogens is 292 g/mol.